The Morgan fingerprint density at radius 2 is 2.12 bits per heavy atom. The zero-order valence-corrected chi connectivity index (χ0v) is 14.6. The number of methoxy groups -OCH3 is 1. The zero-order chi connectivity index (χ0) is 17.9. The number of benzene rings is 1. The molecule has 8 nitrogen and oxygen atoms in total. The van der Waals surface area contributed by atoms with E-state index < -0.39 is 15.9 Å². The first-order valence-corrected chi connectivity index (χ1v) is 9.01. The van der Waals surface area contributed by atoms with Crippen LogP contribution < -0.4 is 15.4 Å². The van der Waals surface area contributed by atoms with Crippen molar-refractivity contribution < 1.29 is 22.7 Å². The number of fused-ring (bicyclic) bond motifs is 1. The molecule has 1 aliphatic rings. The van der Waals surface area contributed by atoms with Crippen LogP contribution in [-0.2, 0) is 19.6 Å². The van der Waals surface area contributed by atoms with E-state index >= 15 is 0 Å². The van der Waals surface area contributed by atoms with Gasteiger partial charge in [0.1, 0.15) is 5.75 Å². The largest absolute Gasteiger partial charge is 0.497 e. The average Bonchev–Trinajstić information content (AvgIpc) is 2.53. The topological polar surface area (TPSA) is 105 Å². The Kier molecular flexibility index (Phi) is 5.45. The molecule has 1 heterocycles. The second-order valence-electron chi connectivity index (χ2n) is 5.65. The number of nitrogens with zero attached hydrogens (tertiary/aromatic N) is 1. The summed E-state index contributed by atoms with van der Waals surface area (Å²) in [5, 5.41) is 5.31. The predicted octanol–water partition coefficient (Wildman–Crippen LogP) is 0.129. The summed E-state index contributed by atoms with van der Waals surface area (Å²) in [5.74, 6) is -0.929. The number of nitrogens with one attached hydrogen (secondary N) is 2. The van der Waals surface area contributed by atoms with Crippen LogP contribution in [0, 0.1) is 0 Å². The summed E-state index contributed by atoms with van der Waals surface area (Å²) >= 11 is 0. The monoisotopic (exact) mass is 355 g/mol. The van der Waals surface area contributed by atoms with Gasteiger partial charge in [0.2, 0.25) is 21.8 Å². The maximum Gasteiger partial charge on any atom is 0.228 e. The fraction of sp³-hybridized carbons (Fsp3) is 0.467. The van der Waals surface area contributed by atoms with E-state index in [1.165, 1.54) is 21.2 Å². The average molecular weight is 355 g/mol. The molecule has 0 aliphatic carbocycles. The van der Waals surface area contributed by atoms with Crippen LogP contribution in [0.5, 0.6) is 5.75 Å². The van der Waals surface area contributed by atoms with E-state index in [9.17, 15) is 18.0 Å². The van der Waals surface area contributed by atoms with Gasteiger partial charge in [-0.05, 0) is 23.8 Å². The first kappa shape index (κ1) is 18.2. The Morgan fingerprint density at radius 1 is 1.42 bits per heavy atom. The lowest BCUT2D eigenvalue weighted by Gasteiger charge is -2.25. The highest BCUT2D eigenvalue weighted by Gasteiger charge is 2.31. The van der Waals surface area contributed by atoms with Crippen LogP contribution in [0.25, 0.3) is 0 Å². The van der Waals surface area contributed by atoms with Crippen molar-refractivity contribution >= 4 is 27.5 Å². The van der Waals surface area contributed by atoms with Gasteiger partial charge < -0.3 is 15.4 Å². The maximum absolute atomic E-state index is 12.4. The molecule has 2 amide bonds. The molecule has 1 aliphatic heterocycles. The summed E-state index contributed by atoms with van der Waals surface area (Å²) in [6.45, 7) is -0.0171. The Morgan fingerprint density at radius 3 is 2.75 bits per heavy atom. The molecule has 9 heteroatoms. The lowest BCUT2D eigenvalue weighted by molar-refractivity contribution is -0.126. The molecule has 132 valence electrons. The molecular weight excluding hydrogens is 334 g/mol. The predicted molar refractivity (Wildman–Crippen MR) is 89.5 cm³/mol. The highest BCUT2D eigenvalue weighted by Crippen LogP contribution is 2.34. The lowest BCUT2D eigenvalue weighted by atomic mass is 9.89. The molecule has 0 saturated heterocycles. The molecular formula is C15H21N3O5S. The van der Waals surface area contributed by atoms with Crippen molar-refractivity contribution in [3.63, 3.8) is 0 Å². The molecule has 0 spiro atoms. The maximum atomic E-state index is 12.4. The number of anilines is 1. The van der Waals surface area contributed by atoms with E-state index in [2.05, 4.69) is 10.6 Å². The summed E-state index contributed by atoms with van der Waals surface area (Å²) < 4.78 is 29.7. The van der Waals surface area contributed by atoms with Crippen molar-refractivity contribution in [3.8, 4) is 5.75 Å². The second-order valence-corrected chi connectivity index (χ2v) is 7.95. The third kappa shape index (κ3) is 4.04. The SMILES string of the molecule is COc1ccc2c(c1)[C@H](C(=O)NCCS(=O)(=O)N(C)C)CC(=O)N2. The highest BCUT2D eigenvalue weighted by molar-refractivity contribution is 7.89. The number of hydrogen-bond donors (Lipinski definition) is 2. The van der Waals surface area contributed by atoms with E-state index in [1.807, 2.05) is 0 Å². The Hall–Kier alpha value is -2.13. The van der Waals surface area contributed by atoms with Crippen molar-refractivity contribution in [1.29, 1.82) is 0 Å². The van der Waals surface area contributed by atoms with Crippen LogP contribution in [0.4, 0.5) is 5.69 Å². The van der Waals surface area contributed by atoms with Gasteiger partial charge in [-0.15, -0.1) is 0 Å². The molecule has 1 aromatic rings. The summed E-state index contributed by atoms with van der Waals surface area (Å²) in [6.07, 6.45) is 0.00638. The van der Waals surface area contributed by atoms with Gasteiger partial charge in [0.25, 0.3) is 0 Å². The zero-order valence-electron chi connectivity index (χ0n) is 13.8. The van der Waals surface area contributed by atoms with E-state index in [0.717, 1.165) is 4.31 Å². The minimum atomic E-state index is -3.39. The standard InChI is InChI=1S/C15H21N3O5S/c1-18(2)24(21,22)7-6-16-15(20)12-9-14(19)17-13-5-4-10(23-3)8-11(12)13/h4-5,8,12H,6-7,9H2,1-3H3,(H,16,20)(H,17,19)/t12-/m1/s1. The van der Waals surface area contributed by atoms with Crippen molar-refractivity contribution in [3.05, 3.63) is 23.8 Å². The number of carbonyl (C=O) groups is 2. The van der Waals surface area contributed by atoms with E-state index in [4.69, 9.17) is 4.74 Å². The van der Waals surface area contributed by atoms with Crippen molar-refractivity contribution in [2.24, 2.45) is 0 Å². The second kappa shape index (κ2) is 7.18. The first-order chi connectivity index (χ1) is 11.2. The molecule has 0 bridgehead atoms. The molecule has 0 fully saturated rings. The molecule has 0 saturated carbocycles. The minimum absolute atomic E-state index is 0.00638. The highest BCUT2D eigenvalue weighted by atomic mass is 32.2. The number of amides is 2. The molecule has 0 aromatic heterocycles. The van der Waals surface area contributed by atoms with Crippen molar-refractivity contribution in [2.45, 2.75) is 12.3 Å². The molecule has 0 radical (unpaired) electrons. The summed E-state index contributed by atoms with van der Waals surface area (Å²) in [4.78, 5) is 24.2. The van der Waals surface area contributed by atoms with E-state index in [1.54, 1.807) is 18.2 Å². The molecule has 24 heavy (non-hydrogen) atoms. The van der Waals surface area contributed by atoms with Crippen LogP contribution in [0.2, 0.25) is 0 Å². The Balaban J connectivity index is 2.11. The van der Waals surface area contributed by atoms with Crippen LogP contribution in [0.1, 0.15) is 17.9 Å². The van der Waals surface area contributed by atoms with E-state index in [0.29, 0.717) is 17.0 Å². The van der Waals surface area contributed by atoms with Crippen LogP contribution in [0.15, 0.2) is 18.2 Å². The molecule has 2 rings (SSSR count). The van der Waals surface area contributed by atoms with Crippen LogP contribution in [-0.4, -0.2) is 58.0 Å². The van der Waals surface area contributed by atoms with Gasteiger partial charge in [0.05, 0.1) is 18.8 Å². The fourth-order valence-electron chi connectivity index (χ4n) is 2.41. The molecule has 1 aromatic carbocycles. The van der Waals surface area contributed by atoms with Gasteiger partial charge in [-0.3, -0.25) is 9.59 Å². The number of sulfonamides is 1. The summed E-state index contributed by atoms with van der Waals surface area (Å²) in [7, 11) is 1.00. The van der Waals surface area contributed by atoms with Gasteiger partial charge in [0.15, 0.2) is 0 Å². The minimum Gasteiger partial charge on any atom is -0.497 e. The molecule has 2 N–H and O–H groups in total. The van der Waals surface area contributed by atoms with Gasteiger partial charge in [-0.1, -0.05) is 0 Å². The smallest absolute Gasteiger partial charge is 0.228 e. The van der Waals surface area contributed by atoms with E-state index in [-0.39, 0.29) is 30.5 Å². The number of rotatable bonds is 6. The first-order valence-electron chi connectivity index (χ1n) is 7.40. The normalized spacial score (nSPS) is 17.2. The van der Waals surface area contributed by atoms with Gasteiger partial charge in [-0.25, -0.2) is 12.7 Å². The summed E-state index contributed by atoms with van der Waals surface area (Å²) in [5.41, 5.74) is 1.22. The molecule has 1 atom stereocenters. The van der Waals surface area contributed by atoms with Gasteiger partial charge in [-0.2, -0.15) is 0 Å². The third-order valence-electron chi connectivity index (χ3n) is 3.83. The van der Waals surface area contributed by atoms with Gasteiger partial charge >= 0.3 is 0 Å². The van der Waals surface area contributed by atoms with Crippen LogP contribution >= 0.6 is 0 Å². The molecule has 0 unspecified atom stereocenters. The Labute approximate surface area is 141 Å². The quantitative estimate of drug-likeness (QED) is 0.755. The number of carbonyl (C=O) groups excluding carboxylic acids is 2. The Bertz CT molecular complexity index is 745. The summed E-state index contributed by atoms with van der Waals surface area (Å²) in [6, 6.07) is 5.08. The number of ether oxygens (including phenoxy) is 1. The van der Waals surface area contributed by atoms with Gasteiger partial charge in [0, 0.05) is 32.7 Å². The lowest BCUT2D eigenvalue weighted by Crippen LogP contribution is -2.38. The number of hydrogen-bond acceptors (Lipinski definition) is 5. The third-order valence-corrected chi connectivity index (χ3v) is 5.66. The van der Waals surface area contributed by atoms with Crippen molar-refractivity contribution in [1.82, 2.24) is 9.62 Å². The fourth-order valence-corrected chi connectivity index (χ4v) is 3.13. The van der Waals surface area contributed by atoms with Crippen molar-refractivity contribution in [2.75, 3.05) is 38.8 Å². The van der Waals surface area contributed by atoms with Crippen LogP contribution in [0.3, 0.4) is 0 Å².